The summed E-state index contributed by atoms with van der Waals surface area (Å²) in [7, 11) is 7.64. The first-order valence-electron chi connectivity index (χ1n) is 10.5. The summed E-state index contributed by atoms with van der Waals surface area (Å²) in [4.78, 5) is 17.5. The Hall–Kier alpha value is -1.49. The van der Waals surface area contributed by atoms with Gasteiger partial charge in [-0.25, -0.2) is 0 Å². The van der Waals surface area contributed by atoms with Gasteiger partial charge in [0.1, 0.15) is 11.5 Å². The summed E-state index contributed by atoms with van der Waals surface area (Å²) in [5.74, 6) is 2.10. The van der Waals surface area contributed by atoms with Crippen molar-refractivity contribution in [3.05, 3.63) is 23.7 Å². The summed E-state index contributed by atoms with van der Waals surface area (Å²) in [5, 5.41) is 0. The normalized spacial score (nSPS) is 24.2. The van der Waals surface area contributed by atoms with Crippen LogP contribution >= 0.6 is 0 Å². The van der Waals surface area contributed by atoms with E-state index >= 15 is 0 Å². The van der Waals surface area contributed by atoms with Gasteiger partial charge in [-0.15, -0.1) is 0 Å². The van der Waals surface area contributed by atoms with Crippen molar-refractivity contribution in [2.24, 2.45) is 10.8 Å². The van der Waals surface area contributed by atoms with E-state index in [2.05, 4.69) is 31.1 Å². The van der Waals surface area contributed by atoms with Gasteiger partial charge in [0, 0.05) is 13.1 Å². The number of amides is 1. The lowest BCUT2D eigenvalue weighted by Crippen LogP contribution is -2.39. The average molecular weight is 377 g/mol. The number of likely N-dealkylation sites (tertiary alicyclic amines) is 1. The van der Waals surface area contributed by atoms with Crippen LogP contribution in [0.5, 0.6) is 0 Å². The summed E-state index contributed by atoms with van der Waals surface area (Å²) in [6, 6.07) is 0. The standard InChI is InChI=1S/C22H36N2O3/c1-23(2)13-9-14-24-15-12-21(20(24)25)16-18(26-3)22(19(17-21)27-4)10-7-5-6-8-11-22/h16-17H,5-15H2,1-4H3. The number of hydrogen-bond donors (Lipinski definition) is 0. The zero-order valence-corrected chi connectivity index (χ0v) is 17.6. The average Bonchev–Trinajstić information content (AvgIpc) is 2.83. The van der Waals surface area contributed by atoms with Crippen LogP contribution < -0.4 is 0 Å². The van der Waals surface area contributed by atoms with Crippen LogP contribution in [0.25, 0.3) is 0 Å². The minimum absolute atomic E-state index is 0.177. The fourth-order valence-corrected chi connectivity index (χ4v) is 5.12. The van der Waals surface area contributed by atoms with E-state index in [1.54, 1.807) is 14.2 Å². The number of ether oxygens (including phenoxy) is 2. The maximum Gasteiger partial charge on any atom is 0.236 e. The second kappa shape index (κ2) is 8.26. The van der Waals surface area contributed by atoms with E-state index < -0.39 is 5.41 Å². The SMILES string of the molecule is COC1=CC2(C=C(OC)C13CCCCCC3)CCN(CCCN(C)C)C2=O. The summed E-state index contributed by atoms with van der Waals surface area (Å²) in [6.07, 6.45) is 13.1. The van der Waals surface area contributed by atoms with Crippen molar-refractivity contribution in [2.75, 3.05) is 47.9 Å². The number of carbonyl (C=O) groups is 1. The number of methoxy groups -OCH3 is 2. The third kappa shape index (κ3) is 3.75. The number of nitrogens with zero attached hydrogens (tertiary/aromatic N) is 2. The molecule has 0 N–H and O–H groups in total. The highest BCUT2D eigenvalue weighted by molar-refractivity contribution is 5.89. The van der Waals surface area contributed by atoms with Crippen molar-refractivity contribution < 1.29 is 14.3 Å². The molecule has 27 heavy (non-hydrogen) atoms. The Morgan fingerprint density at radius 1 is 1.00 bits per heavy atom. The van der Waals surface area contributed by atoms with E-state index in [1.807, 2.05) is 4.90 Å². The lowest BCUT2D eigenvalue weighted by Gasteiger charge is -2.41. The molecule has 5 heteroatoms. The predicted octanol–water partition coefficient (Wildman–Crippen LogP) is 3.57. The molecule has 0 atom stereocenters. The second-order valence-electron chi connectivity index (χ2n) is 8.66. The third-order valence-electron chi connectivity index (χ3n) is 6.63. The van der Waals surface area contributed by atoms with Crippen LogP contribution in [0.15, 0.2) is 23.7 Å². The van der Waals surface area contributed by atoms with E-state index in [0.29, 0.717) is 0 Å². The van der Waals surface area contributed by atoms with Crippen LogP contribution in [0.2, 0.25) is 0 Å². The van der Waals surface area contributed by atoms with Gasteiger partial charge in [-0.1, -0.05) is 25.7 Å². The van der Waals surface area contributed by atoms with Gasteiger partial charge in [0.2, 0.25) is 5.91 Å². The Morgan fingerprint density at radius 3 is 2.11 bits per heavy atom. The minimum Gasteiger partial charge on any atom is -0.500 e. The molecule has 1 amide bonds. The molecule has 2 aliphatic carbocycles. The summed E-state index contributed by atoms with van der Waals surface area (Å²) in [5.41, 5.74) is -0.768. The molecule has 1 heterocycles. The molecule has 0 aromatic carbocycles. The predicted molar refractivity (Wildman–Crippen MR) is 107 cm³/mol. The molecule has 2 spiro atoms. The van der Waals surface area contributed by atoms with E-state index in [4.69, 9.17) is 9.47 Å². The van der Waals surface area contributed by atoms with E-state index in [9.17, 15) is 4.79 Å². The van der Waals surface area contributed by atoms with Gasteiger partial charge in [0.15, 0.2) is 0 Å². The highest BCUT2D eigenvalue weighted by atomic mass is 16.5. The maximum absolute atomic E-state index is 13.3. The quantitative estimate of drug-likeness (QED) is 0.711. The highest BCUT2D eigenvalue weighted by Crippen LogP contribution is 2.54. The molecule has 0 aromatic rings. The number of rotatable bonds is 6. The molecule has 2 fully saturated rings. The van der Waals surface area contributed by atoms with E-state index in [-0.39, 0.29) is 11.3 Å². The van der Waals surface area contributed by atoms with Crippen LogP contribution in [-0.4, -0.2) is 63.7 Å². The first kappa shape index (κ1) is 20.2. The molecule has 1 saturated heterocycles. The Kier molecular flexibility index (Phi) is 6.19. The number of hydrogen-bond acceptors (Lipinski definition) is 4. The van der Waals surface area contributed by atoms with Crippen molar-refractivity contribution in [3.63, 3.8) is 0 Å². The monoisotopic (exact) mass is 376 g/mol. The molecule has 3 rings (SSSR count). The van der Waals surface area contributed by atoms with E-state index in [0.717, 1.165) is 56.8 Å². The van der Waals surface area contributed by atoms with Gasteiger partial charge in [-0.05, 0) is 58.5 Å². The Balaban J connectivity index is 1.86. The van der Waals surface area contributed by atoms with Crippen molar-refractivity contribution in [1.29, 1.82) is 0 Å². The highest BCUT2D eigenvalue weighted by Gasteiger charge is 2.52. The maximum atomic E-state index is 13.3. The van der Waals surface area contributed by atoms with Crippen molar-refractivity contribution >= 4 is 5.91 Å². The molecular formula is C22H36N2O3. The van der Waals surface area contributed by atoms with Crippen LogP contribution in [0.3, 0.4) is 0 Å². The van der Waals surface area contributed by atoms with Gasteiger partial charge < -0.3 is 19.3 Å². The summed E-state index contributed by atoms with van der Waals surface area (Å²) in [6.45, 7) is 2.62. The van der Waals surface area contributed by atoms with Crippen molar-refractivity contribution in [2.45, 2.75) is 51.4 Å². The first-order chi connectivity index (χ1) is 13.0. The van der Waals surface area contributed by atoms with Gasteiger partial charge >= 0.3 is 0 Å². The summed E-state index contributed by atoms with van der Waals surface area (Å²) < 4.78 is 11.8. The van der Waals surface area contributed by atoms with Gasteiger partial charge in [-0.2, -0.15) is 0 Å². The molecule has 152 valence electrons. The minimum atomic E-state index is -0.591. The van der Waals surface area contributed by atoms with Crippen LogP contribution in [-0.2, 0) is 14.3 Å². The molecule has 1 saturated carbocycles. The van der Waals surface area contributed by atoms with Gasteiger partial charge in [0.25, 0.3) is 0 Å². The van der Waals surface area contributed by atoms with Crippen molar-refractivity contribution in [1.82, 2.24) is 9.80 Å². The largest absolute Gasteiger partial charge is 0.500 e. The van der Waals surface area contributed by atoms with Crippen molar-refractivity contribution in [3.8, 4) is 0 Å². The fourth-order valence-electron chi connectivity index (χ4n) is 5.12. The zero-order chi connectivity index (χ0) is 19.5. The summed E-state index contributed by atoms with van der Waals surface area (Å²) >= 11 is 0. The van der Waals surface area contributed by atoms with Crippen LogP contribution in [0, 0.1) is 10.8 Å². The topological polar surface area (TPSA) is 42.0 Å². The molecule has 0 aromatic heterocycles. The lowest BCUT2D eigenvalue weighted by atomic mass is 9.67. The van der Waals surface area contributed by atoms with Gasteiger partial charge in [0.05, 0.1) is 25.0 Å². The second-order valence-corrected chi connectivity index (χ2v) is 8.66. The Morgan fingerprint density at radius 2 is 1.59 bits per heavy atom. The number of carbonyl (C=O) groups excluding carboxylic acids is 1. The van der Waals surface area contributed by atoms with Crippen LogP contribution in [0.4, 0.5) is 0 Å². The molecule has 1 aliphatic heterocycles. The first-order valence-corrected chi connectivity index (χ1v) is 10.5. The molecule has 5 nitrogen and oxygen atoms in total. The molecular weight excluding hydrogens is 340 g/mol. The molecule has 3 aliphatic rings. The molecule has 0 bridgehead atoms. The smallest absolute Gasteiger partial charge is 0.236 e. The lowest BCUT2D eigenvalue weighted by molar-refractivity contribution is -0.132. The molecule has 0 radical (unpaired) electrons. The Labute approximate surface area is 164 Å². The molecule has 0 unspecified atom stereocenters. The van der Waals surface area contributed by atoms with Crippen LogP contribution in [0.1, 0.15) is 51.4 Å². The Bertz CT molecular complexity index is 577. The van der Waals surface area contributed by atoms with Gasteiger partial charge in [-0.3, -0.25) is 4.79 Å². The third-order valence-corrected chi connectivity index (χ3v) is 6.63. The fraction of sp³-hybridized carbons (Fsp3) is 0.773. The van der Waals surface area contributed by atoms with E-state index in [1.165, 1.54) is 25.7 Å². The zero-order valence-electron chi connectivity index (χ0n) is 17.6.